The number of hydrogen-bond donors (Lipinski definition) is 2. The van der Waals surface area contributed by atoms with Gasteiger partial charge in [-0.25, -0.2) is 9.78 Å². The minimum absolute atomic E-state index is 0.131. The third-order valence-electron chi connectivity index (χ3n) is 3.62. The third-order valence-corrected chi connectivity index (χ3v) is 3.62. The Hall–Kier alpha value is -2.48. The van der Waals surface area contributed by atoms with Gasteiger partial charge in [0.2, 0.25) is 0 Å². The maximum absolute atomic E-state index is 12.2. The second-order valence-corrected chi connectivity index (χ2v) is 5.20. The molecule has 0 aromatic carbocycles. The molecule has 0 spiro atoms. The lowest BCUT2D eigenvalue weighted by atomic mass is 10.2. The third kappa shape index (κ3) is 2.77. The molecule has 0 bridgehead atoms. The fraction of sp³-hybridized carbons (Fsp3) is 0.429. The summed E-state index contributed by atoms with van der Waals surface area (Å²) >= 11 is 0. The van der Waals surface area contributed by atoms with E-state index in [0.717, 1.165) is 4.57 Å². The molecule has 0 aliphatic heterocycles. The second kappa shape index (κ2) is 6.10. The van der Waals surface area contributed by atoms with Crippen molar-refractivity contribution in [2.75, 3.05) is 13.6 Å². The van der Waals surface area contributed by atoms with Crippen molar-refractivity contribution in [3.8, 4) is 0 Å². The van der Waals surface area contributed by atoms with E-state index in [-0.39, 0.29) is 28.5 Å². The van der Waals surface area contributed by atoms with E-state index in [4.69, 9.17) is 0 Å². The predicted molar refractivity (Wildman–Crippen MR) is 83.1 cm³/mol. The van der Waals surface area contributed by atoms with Gasteiger partial charge < -0.3 is 10.6 Å². The lowest BCUT2D eigenvalue weighted by molar-refractivity contribution is 0.0950. The van der Waals surface area contributed by atoms with Gasteiger partial charge in [0.1, 0.15) is 5.65 Å². The lowest BCUT2D eigenvalue weighted by Crippen LogP contribution is -2.38. The van der Waals surface area contributed by atoms with Gasteiger partial charge in [-0.1, -0.05) is 0 Å². The van der Waals surface area contributed by atoms with Gasteiger partial charge in [0, 0.05) is 32.9 Å². The quantitative estimate of drug-likeness (QED) is 0.753. The maximum atomic E-state index is 12.2. The van der Waals surface area contributed by atoms with Gasteiger partial charge in [-0.05, 0) is 20.0 Å². The number of carbonyl (C=O) groups is 1. The summed E-state index contributed by atoms with van der Waals surface area (Å²) in [4.78, 5) is 40.2. The molecule has 0 aliphatic rings. The van der Waals surface area contributed by atoms with Crippen LogP contribution in [0.1, 0.15) is 17.3 Å². The van der Waals surface area contributed by atoms with Crippen LogP contribution < -0.4 is 21.9 Å². The molecule has 0 saturated carbocycles. The summed E-state index contributed by atoms with van der Waals surface area (Å²) < 4.78 is 2.27. The largest absolute Gasteiger partial charge is 0.350 e. The lowest BCUT2D eigenvalue weighted by Gasteiger charge is -2.12. The van der Waals surface area contributed by atoms with Crippen molar-refractivity contribution in [3.05, 3.63) is 38.7 Å². The Kier molecular flexibility index (Phi) is 4.41. The van der Waals surface area contributed by atoms with Crippen molar-refractivity contribution in [2.24, 2.45) is 14.1 Å². The Labute approximate surface area is 126 Å². The smallest absolute Gasteiger partial charge is 0.332 e. The predicted octanol–water partition coefficient (Wildman–Crippen LogP) is -1.03. The Morgan fingerprint density at radius 2 is 2.00 bits per heavy atom. The number of pyridine rings is 1. The topological polar surface area (TPSA) is 98.0 Å². The van der Waals surface area contributed by atoms with E-state index >= 15 is 0 Å². The zero-order valence-corrected chi connectivity index (χ0v) is 13.0. The number of hydrogen-bond acceptors (Lipinski definition) is 5. The fourth-order valence-electron chi connectivity index (χ4n) is 2.04. The van der Waals surface area contributed by atoms with E-state index in [2.05, 4.69) is 15.6 Å². The summed E-state index contributed by atoms with van der Waals surface area (Å²) in [5.41, 5.74) is -0.381. The highest BCUT2D eigenvalue weighted by atomic mass is 16.2. The average Bonchev–Trinajstić information content (AvgIpc) is 2.54. The van der Waals surface area contributed by atoms with Crippen LogP contribution in [0.5, 0.6) is 0 Å². The van der Waals surface area contributed by atoms with E-state index in [1.165, 1.54) is 30.9 Å². The first kappa shape index (κ1) is 15.9. The van der Waals surface area contributed by atoms with Crippen LogP contribution >= 0.6 is 0 Å². The summed E-state index contributed by atoms with van der Waals surface area (Å²) in [5.74, 6) is -0.313. The molecule has 22 heavy (non-hydrogen) atoms. The standard InChI is InChI=1S/C14H19N5O3/c1-8(15-2)6-17-12(20)9-5-10-11(16-7-9)18(3)14(22)19(4)13(10)21/h5,7-8,15H,6H2,1-4H3,(H,17,20). The van der Waals surface area contributed by atoms with E-state index in [0.29, 0.717) is 6.54 Å². The number of likely N-dealkylation sites (N-methyl/N-ethyl adjacent to an activating group) is 1. The molecule has 0 fully saturated rings. The van der Waals surface area contributed by atoms with Crippen molar-refractivity contribution in [2.45, 2.75) is 13.0 Å². The molecule has 8 nitrogen and oxygen atoms in total. The normalized spacial score (nSPS) is 12.4. The van der Waals surface area contributed by atoms with E-state index in [9.17, 15) is 14.4 Å². The van der Waals surface area contributed by atoms with Crippen LogP contribution in [0, 0.1) is 0 Å². The highest BCUT2D eigenvalue weighted by Gasteiger charge is 2.13. The van der Waals surface area contributed by atoms with Crippen LogP contribution in [0.4, 0.5) is 0 Å². The number of carbonyl (C=O) groups excluding carboxylic acids is 1. The minimum atomic E-state index is -0.469. The summed E-state index contributed by atoms with van der Waals surface area (Å²) in [6.45, 7) is 2.39. The Morgan fingerprint density at radius 1 is 1.32 bits per heavy atom. The van der Waals surface area contributed by atoms with Crippen molar-refractivity contribution in [1.29, 1.82) is 0 Å². The monoisotopic (exact) mass is 305 g/mol. The highest BCUT2D eigenvalue weighted by Crippen LogP contribution is 2.07. The number of aryl methyl sites for hydroxylation is 1. The molecular weight excluding hydrogens is 286 g/mol. The van der Waals surface area contributed by atoms with Crippen LogP contribution in [-0.2, 0) is 14.1 Å². The molecule has 2 N–H and O–H groups in total. The van der Waals surface area contributed by atoms with E-state index in [1.807, 2.05) is 6.92 Å². The first-order chi connectivity index (χ1) is 10.4. The molecule has 2 heterocycles. The highest BCUT2D eigenvalue weighted by molar-refractivity contribution is 5.96. The molecule has 1 atom stereocenters. The van der Waals surface area contributed by atoms with Crippen molar-refractivity contribution < 1.29 is 4.79 Å². The Bertz CT molecular complexity index is 837. The fourth-order valence-corrected chi connectivity index (χ4v) is 2.04. The molecule has 2 rings (SSSR count). The van der Waals surface area contributed by atoms with Crippen LogP contribution in [-0.4, -0.2) is 39.7 Å². The van der Waals surface area contributed by atoms with Gasteiger partial charge in [0.25, 0.3) is 11.5 Å². The zero-order chi connectivity index (χ0) is 16.4. The number of aromatic nitrogens is 3. The zero-order valence-electron chi connectivity index (χ0n) is 13.0. The molecular formula is C14H19N5O3. The number of rotatable bonds is 4. The van der Waals surface area contributed by atoms with Gasteiger partial charge in [-0.15, -0.1) is 0 Å². The molecule has 1 amide bonds. The molecule has 0 radical (unpaired) electrons. The number of nitrogens with one attached hydrogen (secondary N) is 2. The number of nitrogens with zero attached hydrogens (tertiary/aromatic N) is 3. The van der Waals surface area contributed by atoms with Gasteiger partial charge in [-0.2, -0.15) is 0 Å². The van der Waals surface area contributed by atoms with Crippen molar-refractivity contribution >= 4 is 16.9 Å². The van der Waals surface area contributed by atoms with Gasteiger partial charge in [0.05, 0.1) is 10.9 Å². The molecule has 0 aliphatic carbocycles. The summed E-state index contributed by atoms with van der Waals surface area (Å²) in [6, 6.07) is 1.59. The molecule has 8 heteroatoms. The van der Waals surface area contributed by atoms with Gasteiger partial charge >= 0.3 is 5.69 Å². The van der Waals surface area contributed by atoms with Gasteiger partial charge in [-0.3, -0.25) is 18.7 Å². The average molecular weight is 305 g/mol. The first-order valence-electron chi connectivity index (χ1n) is 6.88. The maximum Gasteiger partial charge on any atom is 0.332 e. The number of fused-ring (bicyclic) bond motifs is 1. The summed E-state index contributed by atoms with van der Waals surface area (Å²) in [7, 11) is 4.73. The van der Waals surface area contributed by atoms with Crippen molar-refractivity contribution in [3.63, 3.8) is 0 Å². The van der Waals surface area contributed by atoms with Crippen LogP contribution in [0.15, 0.2) is 21.9 Å². The van der Waals surface area contributed by atoms with E-state index < -0.39 is 11.2 Å². The minimum Gasteiger partial charge on any atom is -0.350 e. The molecule has 1 unspecified atom stereocenters. The van der Waals surface area contributed by atoms with Crippen LogP contribution in [0.25, 0.3) is 11.0 Å². The second-order valence-electron chi connectivity index (χ2n) is 5.20. The Balaban J connectivity index is 2.45. The number of amides is 1. The van der Waals surface area contributed by atoms with Gasteiger partial charge in [0.15, 0.2) is 0 Å². The summed E-state index contributed by atoms with van der Waals surface area (Å²) in [5, 5.41) is 6.00. The molecule has 118 valence electrons. The first-order valence-corrected chi connectivity index (χ1v) is 6.88. The SMILES string of the molecule is CNC(C)CNC(=O)c1cnc2c(c1)c(=O)n(C)c(=O)n2C. The van der Waals surface area contributed by atoms with Crippen molar-refractivity contribution in [1.82, 2.24) is 24.8 Å². The van der Waals surface area contributed by atoms with Crippen LogP contribution in [0.2, 0.25) is 0 Å². The summed E-state index contributed by atoms with van der Waals surface area (Å²) in [6.07, 6.45) is 1.36. The molecule has 2 aromatic rings. The Morgan fingerprint density at radius 3 is 2.64 bits per heavy atom. The van der Waals surface area contributed by atoms with Crippen LogP contribution in [0.3, 0.4) is 0 Å². The molecule has 2 aromatic heterocycles. The van der Waals surface area contributed by atoms with E-state index in [1.54, 1.807) is 7.05 Å². The molecule has 0 saturated heterocycles.